The molecular formula is C16H17FN2O3. The minimum absolute atomic E-state index is 0.274. The van der Waals surface area contributed by atoms with Gasteiger partial charge in [-0.25, -0.2) is 14.2 Å². The van der Waals surface area contributed by atoms with E-state index in [1.807, 2.05) is 0 Å². The number of carbonyl (C=O) groups is 1. The average molecular weight is 304 g/mol. The van der Waals surface area contributed by atoms with E-state index in [4.69, 9.17) is 9.57 Å². The Morgan fingerprint density at radius 3 is 2.59 bits per heavy atom. The Morgan fingerprint density at radius 2 is 1.95 bits per heavy atom. The van der Waals surface area contributed by atoms with Gasteiger partial charge in [0.05, 0.1) is 7.11 Å². The molecule has 2 rings (SSSR count). The Labute approximate surface area is 128 Å². The zero-order valence-corrected chi connectivity index (χ0v) is 12.4. The fraction of sp³-hybridized carbons (Fsp3) is 0.188. The summed E-state index contributed by atoms with van der Waals surface area (Å²) in [5.41, 5.74) is 1.37. The van der Waals surface area contributed by atoms with Gasteiger partial charge in [0.25, 0.3) is 0 Å². The minimum Gasteiger partial charge on any atom is -0.489 e. The highest BCUT2D eigenvalue weighted by Crippen LogP contribution is 2.17. The van der Waals surface area contributed by atoms with Crippen molar-refractivity contribution in [3.8, 4) is 5.75 Å². The Hall–Kier alpha value is -2.60. The van der Waals surface area contributed by atoms with Crippen LogP contribution >= 0.6 is 0 Å². The van der Waals surface area contributed by atoms with Crippen LogP contribution in [0.4, 0.5) is 14.9 Å². The van der Waals surface area contributed by atoms with E-state index >= 15 is 0 Å². The number of ether oxygens (including phenoxy) is 1. The summed E-state index contributed by atoms with van der Waals surface area (Å²) in [6, 6.07) is 12.7. The van der Waals surface area contributed by atoms with Gasteiger partial charge in [-0.1, -0.05) is 12.1 Å². The maximum absolute atomic E-state index is 13.1. The fourth-order valence-electron chi connectivity index (χ4n) is 1.71. The van der Waals surface area contributed by atoms with Gasteiger partial charge in [-0.2, -0.15) is 0 Å². The maximum atomic E-state index is 13.1. The van der Waals surface area contributed by atoms with E-state index < -0.39 is 0 Å². The molecule has 116 valence electrons. The number of rotatable bonds is 5. The summed E-state index contributed by atoms with van der Waals surface area (Å²) in [5, 5.41) is 3.74. The smallest absolute Gasteiger partial charge is 0.345 e. The van der Waals surface area contributed by atoms with Crippen molar-refractivity contribution in [3.05, 3.63) is 59.9 Å². The molecule has 2 amide bonds. The first-order valence-electron chi connectivity index (χ1n) is 6.64. The van der Waals surface area contributed by atoms with E-state index in [9.17, 15) is 9.18 Å². The normalized spacial score (nSPS) is 10.1. The Kier molecular flexibility index (Phi) is 5.32. The van der Waals surface area contributed by atoms with Crippen LogP contribution in [-0.2, 0) is 11.4 Å². The van der Waals surface area contributed by atoms with Crippen LogP contribution in [0.15, 0.2) is 48.5 Å². The quantitative estimate of drug-likeness (QED) is 0.861. The lowest BCUT2D eigenvalue weighted by molar-refractivity contribution is -0.0598. The molecule has 2 aromatic carbocycles. The van der Waals surface area contributed by atoms with Gasteiger partial charge in [-0.05, 0) is 42.0 Å². The molecule has 22 heavy (non-hydrogen) atoms. The van der Waals surface area contributed by atoms with Crippen molar-refractivity contribution in [3.63, 3.8) is 0 Å². The number of hydroxylamine groups is 2. The third kappa shape index (κ3) is 4.46. The molecule has 5 nitrogen and oxygen atoms in total. The molecule has 0 saturated carbocycles. The molecule has 6 heteroatoms. The number of benzene rings is 2. The van der Waals surface area contributed by atoms with Crippen molar-refractivity contribution in [2.45, 2.75) is 6.61 Å². The third-order valence-corrected chi connectivity index (χ3v) is 2.96. The molecule has 0 aromatic heterocycles. The first-order chi connectivity index (χ1) is 10.6. The van der Waals surface area contributed by atoms with Crippen LogP contribution in [0.25, 0.3) is 0 Å². The first kappa shape index (κ1) is 15.8. The van der Waals surface area contributed by atoms with E-state index in [0.717, 1.165) is 10.6 Å². The molecule has 0 fully saturated rings. The number of hydrogen-bond donors (Lipinski definition) is 1. The summed E-state index contributed by atoms with van der Waals surface area (Å²) in [5.74, 6) is 0.337. The standard InChI is InChI=1S/C16H17FN2O3/c1-19(21-2)16(20)18-14-6-8-15(9-7-14)22-11-12-4-3-5-13(17)10-12/h3-10H,11H2,1-2H3,(H,18,20). The number of carbonyl (C=O) groups excluding carboxylic acids is 1. The lowest BCUT2D eigenvalue weighted by Gasteiger charge is -2.14. The molecule has 0 aliphatic carbocycles. The zero-order valence-electron chi connectivity index (χ0n) is 12.4. The molecule has 0 spiro atoms. The highest BCUT2D eigenvalue weighted by atomic mass is 19.1. The molecule has 1 N–H and O–H groups in total. The predicted octanol–water partition coefficient (Wildman–Crippen LogP) is 3.43. The summed E-state index contributed by atoms with van der Waals surface area (Å²) in [6.45, 7) is 0.274. The number of urea groups is 1. The van der Waals surface area contributed by atoms with E-state index in [0.29, 0.717) is 11.4 Å². The van der Waals surface area contributed by atoms with Crippen LogP contribution in [0.3, 0.4) is 0 Å². The summed E-state index contributed by atoms with van der Waals surface area (Å²) in [6.07, 6.45) is 0. The van der Waals surface area contributed by atoms with Gasteiger partial charge in [0.1, 0.15) is 18.2 Å². The van der Waals surface area contributed by atoms with Crippen molar-refractivity contribution in [1.29, 1.82) is 0 Å². The summed E-state index contributed by atoms with van der Waals surface area (Å²) in [7, 11) is 2.91. The second-order valence-electron chi connectivity index (χ2n) is 4.55. The topological polar surface area (TPSA) is 50.8 Å². The summed E-state index contributed by atoms with van der Waals surface area (Å²) < 4.78 is 18.6. The van der Waals surface area contributed by atoms with Gasteiger partial charge in [0.2, 0.25) is 0 Å². The number of nitrogens with zero attached hydrogens (tertiary/aromatic N) is 1. The highest BCUT2D eigenvalue weighted by Gasteiger charge is 2.07. The third-order valence-electron chi connectivity index (χ3n) is 2.96. The van der Waals surface area contributed by atoms with E-state index in [-0.39, 0.29) is 18.5 Å². The lowest BCUT2D eigenvalue weighted by atomic mass is 10.2. The average Bonchev–Trinajstić information content (AvgIpc) is 2.53. The van der Waals surface area contributed by atoms with Gasteiger partial charge >= 0.3 is 6.03 Å². The van der Waals surface area contributed by atoms with Gasteiger partial charge in [0, 0.05) is 12.7 Å². The highest BCUT2D eigenvalue weighted by molar-refractivity contribution is 5.88. The van der Waals surface area contributed by atoms with Crippen molar-refractivity contribution in [2.75, 3.05) is 19.5 Å². The molecule has 0 radical (unpaired) electrons. The SMILES string of the molecule is CON(C)C(=O)Nc1ccc(OCc2cccc(F)c2)cc1. The van der Waals surface area contributed by atoms with Crippen LogP contribution < -0.4 is 10.1 Å². The molecule has 0 aliphatic heterocycles. The predicted molar refractivity (Wildman–Crippen MR) is 81.0 cm³/mol. The van der Waals surface area contributed by atoms with Gasteiger partial charge < -0.3 is 10.1 Å². The molecule has 0 atom stereocenters. The summed E-state index contributed by atoms with van der Waals surface area (Å²) >= 11 is 0. The van der Waals surface area contributed by atoms with Crippen LogP contribution in [0.1, 0.15) is 5.56 Å². The maximum Gasteiger partial charge on any atom is 0.345 e. The molecule has 0 unspecified atom stereocenters. The molecule has 0 saturated heterocycles. The molecular weight excluding hydrogens is 287 g/mol. The van der Waals surface area contributed by atoms with E-state index in [1.54, 1.807) is 36.4 Å². The van der Waals surface area contributed by atoms with Crippen molar-refractivity contribution in [1.82, 2.24) is 5.06 Å². The van der Waals surface area contributed by atoms with Crippen LogP contribution in [-0.4, -0.2) is 25.3 Å². The van der Waals surface area contributed by atoms with Crippen LogP contribution in [0, 0.1) is 5.82 Å². The minimum atomic E-state index is -0.379. The van der Waals surface area contributed by atoms with Crippen LogP contribution in [0.5, 0.6) is 5.75 Å². The van der Waals surface area contributed by atoms with E-state index in [2.05, 4.69) is 5.32 Å². The Morgan fingerprint density at radius 1 is 1.23 bits per heavy atom. The molecule has 0 heterocycles. The summed E-state index contributed by atoms with van der Waals surface area (Å²) in [4.78, 5) is 16.4. The van der Waals surface area contributed by atoms with Gasteiger partial charge in [-0.15, -0.1) is 0 Å². The van der Waals surface area contributed by atoms with E-state index in [1.165, 1.54) is 26.3 Å². The van der Waals surface area contributed by atoms with Gasteiger partial charge in [-0.3, -0.25) is 4.84 Å². The van der Waals surface area contributed by atoms with Crippen molar-refractivity contribution in [2.24, 2.45) is 0 Å². The monoisotopic (exact) mass is 304 g/mol. The largest absolute Gasteiger partial charge is 0.489 e. The van der Waals surface area contributed by atoms with Gasteiger partial charge in [0.15, 0.2) is 0 Å². The second-order valence-corrected chi connectivity index (χ2v) is 4.55. The Balaban J connectivity index is 1.90. The van der Waals surface area contributed by atoms with Crippen molar-refractivity contribution >= 4 is 11.7 Å². The first-order valence-corrected chi connectivity index (χ1v) is 6.64. The number of halogens is 1. The number of nitrogens with one attached hydrogen (secondary N) is 1. The number of anilines is 1. The molecule has 2 aromatic rings. The number of amides is 2. The number of hydrogen-bond acceptors (Lipinski definition) is 3. The molecule has 0 aliphatic rings. The van der Waals surface area contributed by atoms with Crippen LogP contribution in [0.2, 0.25) is 0 Å². The Bertz CT molecular complexity index is 632. The fourth-order valence-corrected chi connectivity index (χ4v) is 1.71. The second kappa shape index (κ2) is 7.42. The molecule has 0 bridgehead atoms. The van der Waals surface area contributed by atoms with Crippen molar-refractivity contribution < 1.29 is 18.8 Å². The lowest BCUT2D eigenvalue weighted by Crippen LogP contribution is -2.30. The zero-order chi connectivity index (χ0) is 15.9.